The average molecular weight is 580 g/mol. The third kappa shape index (κ3) is 11.2. The van der Waals surface area contributed by atoms with Gasteiger partial charge in [-0.05, 0) is 76.8 Å². The van der Waals surface area contributed by atoms with Crippen molar-refractivity contribution < 1.29 is 9.47 Å². The highest BCUT2D eigenvalue weighted by atomic mass is 16.5. The minimum absolute atomic E-state index is 0.224. The lowest BCUT2D eigenvalue weighted by molar-refractivity contribution is 0.0381. The van der Waals surface area contributed by atoms with Crippen LogP contribution in [0.4, 0.5) is 11.4 Å². The molecule has 2 fully saturated rings. The quantitative estimate of drug-likeness (QED) is 0.128. The first kappa shape index (κ1) is 33.2. The monoisotopic (exact) mass is 579 g/mol. The molecule has 2 heterocycles. The molecule has 232 valence electrons. The van der Waals surface area contributed by atoms with Crippen LogP contribution in [0.15, 0.2) is 77.9 Å². The molecule has 2 aliphatic rings. The largest absolute Gasteiger partial charge is 0.384 e. The van der Waals surface area contributed by atoms with E-state index >= 15 is 0 Å². The number of nitrogens with two attached hydrogens (primary N) is 1. The Hall–Kier alpha value is -3.27. The summed E-state index contributed by atoms with van der Waals surface area (Å²) >= 11 is 0. The number of amidine groups is 1. The van der Waals surface area contributed by atoms with E-state index in [4.69, 9.17) is 15.2 Å². The fourth-order valence-corrected chi connectivity index (χ4v) is 5.45. The fraction of sp³-hybridized carbons (Fsp3) is 0.545. The SMILES string of the molecule is C=CCCC(CN1CCCC(N/C(C)=C(NC)/C(N)=N\C(=C)Nc2ccc(N3CCOCC3)cc2)CC1)OC/C=C\C. The molecule has 2 aliphatic heterocycles. The zero-order valence-corrected chi connectivity index (χ0v) is 26.0. The standard InChI is InChI=1S/C33H53N7O2/c1-6-8-12-31(42-22-9-7-2)25-39-18-10-11-28(17-19-39)36-26(3)32(35-5)33(34)38-27(4)37-29-13-15-30(16-14-29)40-20-23-41-24-21-40/h6-7,9,13-16,28,31,35-37H,1,4,8,10-12,17-25H2,2-3,5H3,(H2,34,38)/b9-7-,32-26-. The number of allylic oxidation sites excluding steroid dienone is 3. The molecule has 0 aliphatic carbocycles. The zero-order chi connectivity index (χ0) is 30.2. The number of hydrogen-bond acceptors (Lipinski definition) is 8. The van der Waals surface area contributed by atoms with Gasteiger partial charge in [0.1, 0.15) is 5.82 Å². The number of nitrogens with zero attached hydrogens (tertiary/aromatic N) is 3. The summed E-state index contributed by atoms with van der Waals surface area (Å²) in [6.07, 6.45) is 11.6. The molecule has 1 aromatic rings. The highest BCUT2D eigenvalue weighted by Crippen LogP contribution is 2.20. The van der Waals surface area contributed by atoms with Crippen molar-refractivity contribution in [3.63, 3.8) is 0 Å². The van der Waals surface area contributed by atoms with E-state index in [-0.39, 0.29) is 6.10 Å². The molecule has 0 saturated carbocycles. The van der Waals surface area contributed by atoms with Crippen molar-refractivity contribution in [2.45, 2.75) is 58.1 Å². The van der Waals surface area contributed by atoms with Gasteiger partial charge in [0.25, 0.3) is 0 Å². The summed E-state index contributed by atoms with van der Waals surface area (Å²) in [4.78, 5) is 9.42. The summed E-state index contributed by atoms with van der Waals surface area (Å²) in [5.74, 6) is 0.878. The summed E-state index contributed by atoms with van der Waals surface area (Å²) in [6.45, 7) is 19.1. The van der Waals surface area contributed by atoms with E-state index in [0.717, 1.165) is 95.1 Å². The Morgan fingerprint density at radius 2 is 1.95 bits per heavy atom. The van der Waals surface area contributed by atoms with Gasteiger partial charge in [-0.3, -0.25) is 0 Å². The van der Waals surface area contributed by atoms with Crippen LogP contribution in [0.5, 0.6) is 0 Å². The van der Waals surface area contributed by atoms with Gasteiger partial charge in [0.2, 0.25) is 0 Å². The number of likely N-dealkylation sites (N-methyl/N-ethyl adjacent to an activating group) is 1. The van der Waals surface area contributed by atoms with Crippen molar-refractivity contribution in [1.82, 2.24) is 15.5 Å². The molecule has 2 saturated heterocycles. The van der Waals surface area contributed by atoms with Crippen LogP contribution in [-0.4, -0.2) is 82.5 Å². The lowest BCUT2D eigenvalue weighted by atomic mass is 10.1. The Labute approximate surface area is 253 Å². The number of anilines is 2. The summed E-state index contributed by atoms with van der Waals surface area (Å²) in [5.41, 5.74) is 10.3. The smallest absolute Gasteiger partial charge is 0.151 e. The summed E-state index contributed by atoms with van der Waals surface area (Å²) in [6, 6.07) is 8.65. The molecule has 3 rings (SSSR count). The molecule has 9 nitrogen and oxygen atoms in total. The van der Waals surface area contributed by atoms with Gasteiger partial charge in [0, 0.05) is 56.3 Å². The Kier molecular flexibility index (Phi) is 14.5. The van der Waals surface area contributed by atoms with Gasteiger partial charge in [-0.1, -0.05) is 24.8 Å². The van der Waals surface area contributed by atoms with Crippen molar-refractivity contribution in [2.75, 3.05) is 69.8 Å². The molecule has 0 radical (unpaired) electrons. The van der Waals surface area contributed by atoms with Gasteiger partial charge < -0.3 is 41.0 Å². The van der Waals surface area contributed by atoms with Gasteiger partial charge in [0.15, 0.2) is 5.84 Å². The van der Waals surface area contributed by atoms with E-state index in [0.29, 0.717) is 24.3 Å². The molecule has 5 N–H and O–H groups in total. The Morgan fingerprint density at radius 1 is 1.19 bits per heavy atom. The minimum atomic E-state index is 0.224. The van der Waals surface area contributed by atoms with E-state index in [1.54, 1.807) is 0 Å². The minimum Gasteiger partial charge on any atom is -0.384 e. The maximum absolute atomic E-state index is 6.44. The molecular weight excluding hydrogens is 526 g/mol. The van der Waals surface area contributed by atoms with E-state index in [2.05, 4.69) is 69.0 Å². The third-order valence-corrected chi connectivity index (χ3v) is 7.73. The van der Waals surface area contributed by atoms with Crippen molar-refractivity contribution in [3.8, 4) is 0 Å². The number of aliphatic imine (C=N–C) groups is 1. The van der Waals surface area contributed by atoms with E-state index < -0.39 is 0 Å². The maximum Gasteiger partial charge on any atom is 0.151 e. The molecule has 0 spiro atoms. The Balaban J connectivity index is 1.53. The van der Waals surface area contributed by atoms with Crippen molar-refractivity contribution >= 4 is 17.2 Å². The number of hydrogen-bond donors (Lipinski definition) is 4. The van der Waals surface area contributed by atoms with Gasteiger partial charge in [0.05, 0.1) is 31.6 Å². The second kappa shape index (κ2) is 18.3. The number of benzene rings is 1. The molecule has 1 aromatic carbocycles. The average Bonchev–Trinajstić information content (AvgIpc) is 3.21. The van der Waals surface area contributed by atoms with Crippen LogP contribution in [0.3, 0.4) is 0 Å². The van der Waals surface area contributed by atoms with Gasteiger partial charge >= 0.3 is 0 Å². The summed E-state index contributed by atoms with van der Waals surface area (Å²) < 4.78 is 11.6. The van der Waals surface area contributed by atoms with Crippen LogP contribution < -0.4 is 26.6 Å². The van der Waals surface area contributed by atoms with Crippen LogP contribution in [0, 0.1) is 0 Å². The van der Waals surface area contributed by atoms with Gasteiger partial charge in [-0.15, -0.1) is 6.58 Å². The van der Waals surface area contributed by atoms with E-state index in [1.807, 2.05) is 38.3 Å². The Bertz CT molecular complexity index is 1060. The number of rotatable bonds is 16. The highest BCUT2D eigenvalue weighted by molar-refractivity contribution is 5.97. The number of likely N-dealkylation sites (tertiary alicyclic amines) is 1. The predicted octanol–water partition coefficient (Wildman–Crippen LogP) is 4.59. The molecule has 42 heavy (non-hydrogen) atoms. The highest BCUT2D eigenvalue weighted by Gasteiger charge is 2.21. The molecule has 0 aromatic heterocycles. The van der Waals surface area contributed by atoms with Crippen LogP contribution in [0.25, 0.3) is 0 Å². The van der Waals surface area contributed by atoms with Crippen LogP contribution in [0.1, 0.15) is 46.0 Å². The lowest BCUT2D eigenvalue weighted by Gasteiger charge is -2.28. The lowest BCUT2D eigenvalue weighted by Crippen LogP contribution is -2.37. The first-order valence-electron chi connectivity index (χ1n) is 15.4. The summed E-state index contributed by atoms with van der Waals surface area (Å²) in [5, 5.41) is 10.2. The number of ether oxygens (including phenoxy) is 2. The summed E-state index contributed by atoms with van der Waals surface area (Å²) in [7, 11) is 1.87. The second-order valence-corrected chi connectivity index (χ2v) is 10.9. The van der Waals surface area contributed by atoms with Gasteiger partial charge in [-0.2, -0.15) is 0 Å². The molecule has 2 atom stereocenters. The van der Waals surface area contributed by atoms with Crippen LogP contribution in [0.2, 0.25) is 0 Å². The number of morpholine rings is 1. The first-order valence-corrected chi connectivity index (χ1v) is 15.4. The molecule has 9 heteroatoms. The van der Waals surface area contributed by atoms with Gasteiger partial charge in [-0.25, -0.2) is 4.99 Å². The Morgan fingerprint density at radius 3 is 2.64 bits per heavy atom. The van der Waals surface area contributed by atoms with Crippen molar-refractivity contribution in [2.24, 2.45) is 10.7 Å². The van der Waals surface area contributed by atoms with Crippen molar-refractivity contribution in [1.29, 1.82) is 0 Å². The van der Waals surface area contributed by atoms with E-state index in [1.165, 1.54) is 5.69 Å². The van der Waals surface area contributed by atoms with Crippen LogP contribution in [-0.2, 0) is 9.47 Å². The second-order valence-electron chi connectivity index (χ2n) is 10.9. The van der Waals surface area contributed by atoms with Crippen molar-refractivity contribution in [3.05, 3.63) is 72.9 Å². The molecule has 0 amide bonds. The third-order valence-electron chi connectivity index (χ3n) is 7.73. The topological polar surface area (TPSA) is 99.4 Å². The molecule has 2 unspecified atom stereocenters. The number of nitrogens with one attached hydrogen (secondary N) is 3. The fourth-order valence-electron chi connectivity index (χ4n) is 5.45. The molecular formula is C33H53N7O2. The van der Waals surface area contributed by atoms with E-state index in [9.17, 15) is 0 Å². The predicted molar refractivity (Wildman–Crippen MR) is 177 cm³/mol. The van der Waals surface area contributed by atoms with Crippen LogP contribution >= 0.6 is 0 Å². The normalized spacial score (nSPS) is 20.0. The first-order chi connectivity index (χ1) is 20.4. The maximum atomic E-state index is 6.44. The zero-order valence-electron chi connectivity index (χ0n) is 26.0. The molecule has 0 bridgehead atoms.